The van der Waals surface area contributed by atoms with Crippen molar-refractivity contribution in [2.45, 2.75) is 73.1 Å². The molecule has 0 saturated heterocycles. The normalized spacial score (nSPS) is 10.9. The van der Waals surface area contributed by atoms with Gasteiger partial charge in [-0.25, -0.2) is 0 Å². The van der Waals surface area contributed by atoms with Crippen molar-refractivity contribution in [2.24, 2.45) is 0 Å². The largest absolute Gasteiger partial charge is 0.0654 e. The highest BCUT2D eigenvalue weighted by Gasteiger charge is 2.12. The molecule has 1 aromatic carbocycles. The Morgan fingerprint density at radius 3 is 1.94 bits per heavy atom. The summed E-state index contributed by atoms with van der Waals surface area (Å²) in [6.45, 7) is 11.4. The summed E-state index contributed by atoms with van der Waals surface area (Å²) in [5.41, 5.74) is 7.94. The molecule has 0 radical (unpaired) electrons. The second kappa shape index (κ2) is 6.83. The quantitative estimate of drug-likeness (QED) is 0.635. The van der Waals surface area contributed by atoms with Crippen molar-refractivity contribution in [3.05, 3.63) is 33.9 Å². The van der Waals surface area contributed by atoms with Crippen molar-refractivity contribution in [1.82, 2.24) is 0 Å². The molecule has 17 heavy (non-hydrogen) atoms. The van der Waals surface area contributed by atoms with E-state index in [1.165, 1.54) is 49.7 Å². The molecule has 0 unspecified atom stereocenters. The predicted octanol–water partition coefficient (Wildman–Crippen LogP) is 5.16. The van der Waals surface area contributed by atoms with Gasteiger partial charge >= 0.3 is 0 Å². The Hall–Kier alpha value is -0.780. The van der Waals surface area contributed by atoms with Gasteiger partial charge in [0.2, 0.25) is 0 Å². The van der Waals surface area contributed by atoms with E-state index in [4.69, 9.17) is 0 Å². The maximum Gasteiger partial charge on any atom is -0.0274 e. The van der Waals surface area contributed by atoms with Crippen molar-refractivity contribution in [1.29, 1.82) is 0 Å². The molecule has 0 bridgehead atoms. The topological polar surface area (TPSA) is 0 Å². The minimum absolute atomic E-state index is 1.18. The SMILES string of the molecule is CCCCc1c(C)cc(C)c(CC)c1CCC. The van der Waals surface area contributed by atoms with Crippen LogP contribution in [0.1, 0.15) is 67.9 Å². The maximum atomic E-state index is 2.39. The zero-order valence-corrected chi connectivity index (χ0v) is 12.3. The van der Waals surface area contributed by atoms with Gasteiger partial charge in [-0.15, -0.1) is 0 Å². The lowest BCUT2D eigenvalue weighted by atomic mass is 9.87. The summed E-state index contributed by atoms with van der Waals surface area (Å²) < 4.78 is 0. The summed E-state index contributed by atoms with van der Waals surface area (Å²) in [7, 11) is 0. The van der Waals surface area contributed by atoms with Crippen molar-refractivity contribution in [2.75, 3.05) is 0 Å². The standard InChI is InChI=1S/C17H28/c1-6-9-11-16-14(5)12-13(4)15(8-3)17(16)10-7-2/h12H,6-11H2,1-5H3. The Morgan fingerprint density at radius 2 is 1.41 bits per heavy atom. The molecular weight excluding hydrogens is 204 g/mol. The van der Waals surface area contributed by atoms with Gasteiger partial charge in [0, 0.05) is 0 Å². The Morgan fingerprint density at radius 1 is 0.765 bits per heavy atom. The molecule has 0 amide bonds. The highest BCUT2D eigenvalue weighted by atomic mass is 14.2. The van der Waals surface area contributed by atoms with E-state index in [0.717, 1.165) is 0 Å². The summed E-state index contributed by atoms with van der Waals surface area (Å²) in [6, 6.07) is 2.39. The number of unbranched alkanes of at least 4 members (excludes halogenated alkanes) is 1. The van der Waals surface area contributed by atoms with Crippen LogP contribution in [-0.4, -0.2) is 0 Å². The maximum absolute atomic E-state index is 2.39. The number of rotatable bonds is 6. The first-order valence-electron chi connectivity index (χ1n) is 7.26. The van der Waals surface area contributed by atoms with E-state index in [-0.39, 0.29) is 0 Å². The third-order valence-corrected chi connectivity index (χ3v) is 3.75. The van der Waals surface area contributed by atoms with Gasteiger partial charge in [-0.1, -0.05) is 39.7 Å². The number of benzene rings is 1. The van der Waals surface area contributed by atoms with Crippen LogP contribution in [-0.2, 0) is 19.3 Å². The molecule has 0 N–H and O–H groups in total. The zero-order chi connectivity index (χ0) is 12.8. The van der Waals surface area contributed by atoms with Gasteiger partial charge in [-0.3, -0.25) is 0 Å². The van der Waals surface area contributed by atoms with Crippen LogP contribution in [0.2, 0.25) is 0 Å². The molecule has 1 aromatic rings. The van der Waals surface area contributed by atoms with E-state index in [1.807, 2.05) is 0 Å². The third-order valence-electron chi connectivity index (χ3n) is 3.75. The van der Waals surface area contributed by atoms with Crippen molar-refractivity contribution in [3.63, 3.8) is 0 Å². The van der Waals surface area contributed by atoms with Crippen LogP contribution >= 0.6 is 0 Å². The fraction of sp³-hybridized carbons (Fsp3) is 0.647. The van der Waals surface area contributed by atoms with Gasteiger partial charge in [0.1, 0.15) is 0 Å². The minimum Gasteiger partial charge on any atom is -0.0654 e. The minimum atomic E-state index is 1.18. The Kier molecular flexibility index (Phi) is 5.74. The highest BCUT2D eigenvalue weighted by Crippen LogP contribution is 2.26. The summed E-state index contributed by atoms with van der Waals surface area (Å²) >= 11 is 0. The first kappa shape index (κ1) is 14.3. The van der Waals surface area contributed by atoms with Gasteiger partial charge < -0.3 is 0 Å². The van der Waals surface area contributed by atoms with Crippen LogP contribution in [0.25, 0.3) is 0 Å². The molecule has 0 aliphatic rings. The molecule has 0 atom stereocenters. The van der Waals surface area contributed by atoms with E-state index in [2.05, 4.69) is 40.7 Å². The van der Waals surface area contributed by atoms with Crippen LogP contribution in [0.5, 0.6) is 0 Å². The lowest BCUT2D eigenvalue weighted by Gasteiger charge is -2.19. The Balaban J connectivity index is 3.23. The Bertz CT molecular complexity index is 361. The average Bonchev–Trinajstić information content (AvgIpc) is 2.29. The predicted molar refractivity (Wildman–Crippen MR) is 77.9 cm³/mol. The molecule has 0 heterocycles. The molecule has 0 saturated carbocycles. The second-order valence-corrected chi connectivity index (χ2v) is 5.15. The fourth-order valence-corrected chi connectivity index (χ4v) is 2.90. The molecule has 0 aliphatic heterocycles. The summed E-state index contributed by atoms with van der Waals surface area (Å²) in [5.74, 6) is 0. The summed E-state index contributed by atoms with van der Waals surface area (Å²) in [5, 5.41) is 0. The van der Waals surface area contributed by atoms with Crippen LogP contribution in [0.4, 0.5) is 0 Å². The zero-order valence-electron chi connectivity index (χ0n) is 12.3. The molecule has 0 aromatic heterocycles. The number of hydrogen-bond acceptors (Lipinski definition) is 0. The lowest BCUT2D eigenvalue weighted by molar-refractivity contribution is 0.769. The van der Waals surface area contributed by atoms with Gasteiger partial charge in [0.25, 0.3) is 0 Å². The van der Waals surface area contributed by atoms with E-state index < -0.39 is 0 Å². The highest BCUT2D eigenvalue weighted by molar-refractivity contribution is 5.45. The van der Waals surface area contributed by atoms with Crippen molar-refractivity contribution in [3.8, 4) is 0 Å². The van der Waals surface area contributed by atoms with Gasteiger partial charge in [-0.2, -0.15) is 0 Å². The summed E-state index contributed by atoms with van der Waals surface area (Å²) in [4.78, 5) is 0. The smallest absolute Gasteiger partial charge is 0.0274 e. The third kappa shape index (κ3) is 3.34. The molecule has 0 nitrogen and oxygen atoms in total. The molecule has 0 fully saturated rings. The van der Waals surface area contributed by atoms with E-state index in [1.54, 1.807) is 16.7 Å². The molecule has 0 aliphatic carbocycles. The lowest BCUT2D eigenvalue weighted by Crippen LogP contribution is -2.05. The fourth-order valence-electron chi connectivity index (χ4n) is 2.90. The van der Waals surface area contributed by atoms with Gasteiger partial charge in [0.05, 0.1) is 0 Å². The Labute approximate surface area is 107 Å². The average molecular weight is 232 g/mol. The van der Waals surface area contributed by atoms with E-state index in [0.29, 0.717) is 0 Å². The molecule has 96 valence electrons. The molecule has 1 rings (SSSR count). The van der Waals surface area contributed by atoms with Crippen LogP contribution in [0.3, 0.4) is 0 Å². The number of hydrogen-bond donors (Lipinski definition) is 0. The second-order valence-electron chi connectivity index (χ2n) is 5.15. The van der Waals surface area contributed by atoms with Crippen molar-refractivity contribution < 1.29 is 0 Å². The number of aryl methyl sites for hydroxylation is 2. The van der Waals surface area contributed by atoms with Crippen molar-refractivity contribution >= 4 is 0 Å². The van der Waals surface area contributed by atoms with Crippen LogP contribution in [0, 0.1) is 13.8 Å². The summed E-state index contributed by atoms with van der Waals surface area (Å²) in [6.07, 6.45) is 7.58. The van der Waals surface area contributed by atoms with E-state index in [9.17, 15) is 0 Å². The van der Waals surface area contributed by atoms with Gasteiger partial charge in [0.15, 0.2) is 0 Å². The first-order valence-corrected chi connectivity index (χ1v) is 7.26. The molecule has 0 heteroatoms. The monoisotopic (exact) mass is 232 g/mol. The van der Waals surface area contributed by atoms with Gasteiger partial charge in [-0.05, 0) is 67.3 Å². The van der Waals surface area contributed by atoms with Crippen LogP contribution < -0.4 is 0 Å². The molecule has 0 spiro atoms. The first-order chi connectivity index (χ1) is 8.15. The van der Waals surface area contributed by atoms with E-state index >= 15 is 0 Å². The van der Waals surface area contributed by atoms with Crippen LogP contribution in [0.15, 0.2) is 6.07 Å². The molecular formula is C17H28.